The van der Waals surface area contributed by atoms with Crippen LogP contribution < -0.4 is 16.2 Å². The number of aliphatic hydroxyl groups is 1. The minimum absolute atomic E-state index is 0.0283. The van der Waals surface area contributed by atoms with Crippen molar-refractivity contribution in [2.45, 2.75) is 25.9 Å². The first-order valence-corrected chi connectivity index (χ1v) is 10.9. The second kappa shape index (κ2) is 10.6. The lowest BCUT2D eigenvalue weighted by molar-refractivity contribution is -0.118. The lowest BCUT2D eigenvalue weighted by atomic mass is 10.0. The first-order valence-electron chi connectivity index (χ1n) is 10.6. The summed E-state index contributed by atoms with van der Waals surface area (Å²) in [6.45, 7) is 3.49. The van der Waals surface area contributed by atoms with E-state index in [0.29, 0.717) is 17.1 Å². The van der Waals surface area contributed by atoms with Gasteiger partial charge in [-0.1, -0.05) is 17.7 Å². The largest absolute Gasteiger partial charge is 0.390 e. The van der Waals surface area contributed by atoms with Crippen molar-refractivity contribution in [1.29, 1.82) is 0 Å². The van der Waals surface area contributed by atoms with E-state index in [1.807, 2.05) is 0 Å². The van der Waals surface area contributed by atoms with E-state index in [-0.39, 0.29) is 29.0 Å². The number of hydrogen-bond acceptors (Lipinski definition) is 4. The molecule has 0 aliphatic heterocycles. The molecule has 34 heavy (non-hydrogen) atoms. The van der Waals surface area contributed by atoms with Crippen molar-refractivity contribution in [3.63, 3.8) is 0 Å². The van der Waals surface area contributed by atoms with E-state index in [1.54, 1.807) is 62.5 Å². The summed E-state index contributed by atoms with van der Waals surface area (Å²) in [5.41, 5.74) is 0.197. The van der Waals surface area contributed by atoms with Crippen LogP contribution >= 0.6 is 11.6 Å². The van der Waals surface area contributed by atoms with Gasteiger partial charge in [0.2, 0.25) is 12.3 Å². The fourth-order valence-electron chi connectivity index (χ4n) is 3.51. The molecule has 3 N–H and O–H groups in total. The Balaban J connectivity index is 0.000000191. The zero-order valence-corrected chi connectivity index (χ0v) is 19.4. The predicted molar refractivity (Wildman–Crippen MR) is 130 cm³/mol. The summed E-state index contributed by atoms with van der Waals surface area (Å²) in [5.74, 6) is -0.634. The van der Waals surface area contributed by atoms with Gasteiger partial charge in [-0.3, -0.25) is 19.0 Å². The van der Waals surface area contributed by atoms with E-state index < -0.39 is 11.4 Å². The minimum Gasteiger partial charge on any atom is -0.390 e. The molecule has 7 nitrogen and oxygen atoms in total. The van der Waals surface area contributed by atoms with Gasteiger partial charge in [-0.05, 0) is 68.7 Å². The second-order valence-electron chi connectivity index (χ2n) is 8.43. The molecule has 1 aromatic heterocycles. The van der Waals surface area contributed by atoms with Gasteiger partial charge in [-0.15, -0.1) is 0 Å². The highest BCUT2D eigenvalue weighted by Crippen LogP contribution is 2.46. The normalized spacial score (nSPS) is 16.6. The van der Waals surface area contributed by atoms with Gasteiger partial charge in [0, 0.05) is 35.0 Å². The molecular weight excluding hydrogens is 461 g/mol. The summed E-state index contributed by atoms with van der Waals surface area (Å²) in [4.78, 5) is 33.6. The fraction of sp³-hybridized carbons (Fsp3) is 0.240. The molecule has 9 heteroatoms. The topological polar surface area (TPSA) is 100 Å². The smallest absolute Gasteiger partial charge is 0.255 e. The molecule has 1 unspecified atom stereocenters. The van der Waals surface area contributed by atoms with E-state index in [0.717, 1.165) is 12.1 Å². The Kier molecular flexibility index (Phi) is 7.86. The van der Waals surface area contributed by atoms with Crippen molar-refractivity contribution in [3.05, 3.63) is 88.1 Å². The van der Waals surface area contributed by atoms with Crippen LogP contribution in [-0.4, -0.2) is 27.6 Å². The van der Waals surface area contributed by atoms with Gasteiger partial charge < -0.3 is 15.7 Å². The summed E-state index contributed by atoms with van der Waals surface area (Å²) in [7, 11) is 0. The molecule has 2 atom stereocenters. The van der Waals surface area contributed by atoms with Crippen LogP contribution in [0.1, 0.15) is 20.3 Å². The van der Waals surface area contributed by atoms with Gasteiger partial charge in [-0.25, -0.2) is 4.39 Å². The molecule has 1 saturated carbocycles. The number of hydrogen-bond donors (Lipinski definition) is 3. The predicted octanol–water partition coefficient (Wildman–Crippen LogP) is 4.23. The number of nitrogens with zero attached hydrogens (tertiary/aromatic N) is 1. The zero-order valence-electron chi connectivity index (χ0n) is 18.7. The van der Waals surface area contributed by atoms with Gasteiger partial charge in [0.15, 0.2) is 0 Å². The Bertz CT molecular complexity index is 1220. The van der Waals surface area contributed by atoms with Crippen molar-refractivity contribution in [2.24, 2.45) is 11.8 Å². The number of anilines is 2. The lowest BCUT2D eigenvalue weighted by Gasteiger charge is -2.16. The maximum absolute atomic E-state index is 13.5. The molecule has 3 aromatic rings. The highest BCUT2D eigenvalue weighted by molar-refractivity contribution is 6.30. The van der Waals surface area contributed by atoms with Crippen LogP contribution in [0, 0.1) is 17.7 Å². The fourth-order valence-corrected chi connectivity index (χ4v) is 3.63. The molecule has 2 aromatic carbocycles. The first-order chi connectivity index (χ1) is 16.1. The van der Waals surface area contributed by atoms with Crippen LogP contribution in [-0.2, 0) is 9.59 Å². The Morgan fingerprint density at radius 3 is 2.44 bits per heavy atom. The minimum atomic E-state index is -0.776. The molecule has 1 aliphatic carbocycles. The molecule has 0 saturated heterocycles. The van der Waals surface area contributed by atoms with Crippen LogP contribution in [0.25, 0.3) is 5.69 Å². The number of carbonyl (C=O) groups excluding carboxylic acids is 2. The van der Waals surface area contributed by atoms with Crippen molar-refractivity contribution in [3.8, 4) is 5.69 Å². The van der Waals surface area contributed by atoms with Crippen LogP contribution in [0.4, 0.5) is 15.8 Å². The molecule has 4 rings (SSSR count). The number of halogens is 2. The average Bonchev–Trinajstić information content (AvgIpc) is 3.60. The van der Waals surface area contributed by atoms with Crippen LogP contribution in [0.15, 0.2) is 71.7 Å². The van der Waals surface area contributed by atoms with Gasteiger partial charge in [0.05, 0.1) is 17.0 Å². The summed E-state index contributed by atoms with van der Waals surface area (Å²) in [5, 5.41) is 15.5. The Labute approximate surface area is 201 Å². The molecule has 0 spiro atoms. The van der Waals surface area contributed by atoms with Crippen molar-refractivity contribution >= 4 is 35.3 Å². The van der Waals surface area contributed by atoms with Gasteiger partial charge in [0.1, 0.15) is 5.82 Å². The number of benzene rings is 2. The van der Waals surface area contributed by atoms with Gasteiger partial charge >= 0.3 is 0 Å². The maximum Gasteiger partial charge on any atom is 0.255 e. The monoisotopic (exact) mass is 485 g/mol. The molecule has 0 bridgehead atoms. The van der Waals surface area contributed by atoms with Crippen molar-refractivity contribution < 1.29 is 19.1 Å². The molecule has 178 valence electrons. The van der Waals surface area contributed by atoms with Crippen LogP contribution in [0.5, 0.6) is 0 Å². The SMILES string of the molecule is CC(C)(O)C1C[C@H]1C(=O)Nc1ccc(Cl)cc1.O=CNc1ccc(-n2ccccc2=O)cc1F. The van der Waals surface area contributed by atoms with E-state index in [4.69, 9.17) is 11.6 Å². The number of aromatic nitrogens is 1. The number of amides is 2. The van der Waals surface area contributed by atoms with E-state index in [1.165, 1.54) is 22.8 Å². The van der Waals surface area contributed by atoms with E-state index >= 15 is 0 Å². The molecule has 1 fully saturated rings. The summed E-state index contributed by atoms with van der Waals surface area (Å²) in [6.07, 6.45) is 2.69. The van der Waals surface area contributed by atoms with Crippen LogP contribution in [0.3, 0.4) is 0 Å². The number of pyridine rings is 1. The molecule has 1 heterocycles. The van der Waals surface area contributed by atoms with Crippen molar-refractivity contribution in [2.75, 3.05) is 10.6 Å². The zero-order chi connectivity index (χ0) is 24.9. The summed E-state index contributed by atoms with van der Waals surface area (Å²) >= 11 is 5.76. The highest BCUT2D eigenvalue weighted by atomic mass is 35.5. The Morgan fingerprint density at radius 2 is 1.88 bits per heavy atom. The Morgan fingerprint density at radius 1 is 1.18 bits per heavy atom. The lowest BCUT2D eigenvalue weighted by Crippen LogP contribution is -2.26. The molecule has 2 amide bonds. The number of nitrogens with one attached hydrogen (secondary N) is 2. The molecule has 0 radical (unpaired) electrons. The highest BCUT2D eigenvalue weighted by Gasteiger charge is 2.50. The quantitative estimate of drug-likeness (QED) is 0.455. The van der Waals surface area contributed by atoms with E-state index in [2.05, 4.69) is 10.6 Å². The average molecular weight is 486 g/mol. The third kappa shape index (κ3) is 6.52. The molecular formula is C25H25ClFN3O4. The van der Waals surface area contributed by atoms with Gasteiger partial charge in [0.25, 0.3) is 5.56 Å². The number of rotatable bonds is 6. The second-order valence-corrected chi connectivity index (χ2v) is 8.87. The standard InChI is InChI=1S/C13H16ClNO2.C12H9FN2O2/c1-13(2,17)11-7-10(11)12(16)15-9-5-3-8(14)4-6-9;13-10-7-9(4-5-11(10)14-8-16)15-6-2-1-3-12(15)17/h3-6,10-11,17H,7H2,1-2H3,(H,15,16);1-8H,(H,14,16)/t10-,11?;/m1./s1. The molecule has 1 aliphatic rings. The maximum atomic E-state index is 13.5. The Hall–Kier alpha value is -3.49. The van der Waals surface area contributed by atoms with E-state index in [9.17, 15) is 23.9 Å². The summed E-state index contributed by atoms with van der Waals surface area (Å²) < 4.78 is 14.8. The third-order valence-corrected chi connectivity index (χ3v) is 5.67. The number of carbonyl (C=O) groups is 2. The summed E-state index contributed by atoms with van der Waals surface area (Å²) in [6, 6.07) is 15.8. The first kappa shape index (κ1) is 25.1. The van der Waals surface area contributed by atoms with Crippen LogP contribution in [0.2, 0.25) is 5.02 Å². The third-order valence-electron chi connectivity index (χ3n) is 5.41. The van der Waals surface area contributed by atoms with Crippen molar-refractivity contribution in [1.82, 2.24) is 4.57 Å². The van der Waals surface area contributed by atoms with Gasteiger partial charge in [-0.2, -0.15) is 0 Å².